The highest BCUT2D eigenvalue weighted by Crippen LogP contribution is 2.19. The fourth-order valence-electron chi connectivity index (χ4n) is 1.23. The molecule has 0 aliphatic heterocycles. The summed E-state index contributed by atoms with van der Waals surface area (Å²) in [6.07, 6.45) is 1.85. The van der Waals surface area contributed by atoms with Gasteiger partial charge >= 0.3 is 0 Å². The van der Waals surface area contributed by atoms with Crippen molar-refractivity contribution in [1.29, 1.82) is 0 Å². The monoisotopic (exact) mass is 291 g/mol. The minimum Gasteiger partial charge on any atom is -0.259 e. The molecule has 0 saturated carbocycles. The fourth-order valence-corrected chi connectivity index (χ4v) is 1.76. The normalized spacial score (nSPS) is 9.86. The Morgan fingerprint density at radius 2 is 2.00 bits per heavy atom. The number of aromatic nitrogens is 1. The maximum Gasteiger partial charge on any atom is 0.0647 e. The quantitative estimate of drug-likeness (QED) is 0.719. The van der Waals surface area contributed by atoms with Crippen LogP contribution in [0.4, 0.5) is 0 Å². The summed E-state index contributed by atoms with van der Waals surface area (Å²) in [7, 11) is 0. The van der Waals surface area contributed by atoms with E-state index in [0.29, 0.717) is 5.88 Å². The molecular formula is C10H8BrCl2N. The molecular weight excluding hydrogens is 285 g/mol. The minimum atomic E-state index is 0. The average molecular weight is 293 g/mol. The third-order valence-corrected chi connectivity index (χ3v) is 2.64. The first-order chi connectivity index (χ1) is 6.29. The third-order valence-electron chi connectivity index (χ3n) is 1.88. The summed E-state index contributed by atoms with van der Waals surface area (Å²) in [4.78, 5) is 4.21. The van der Waals surface area contributed by atoms with Crippen LogP contribution in [0.5, 0.6) is 0 Å². The van der Waals surface area contributed by atoms with E-state index >= 15 is 0 Å². The van der Waals surface area contributed by atoms with Gasteiger partial charge < -0.3 is 0 Å². The molecule has 0 radical (unpaired) electrons. The molecule has 0 aliphatic carbocycles. The van der Waals surface area contributed by atoms with Crippen molar-refractivity contribution in [1.82, 2.24) is 4.98 Å². The third kappa shape index (κ3) is 2.38. The Bertz CT molecular complexity index is 445. The van der Waals surface area contributed by atoms with Crippen LogP contribution in [0, 0.1) is 0 Å². The molecule has 14 heavy (non-hydrogen) atoms. The van der Waals surface area contributed by atoms with Crippen molar-refractivity contribution in [3.05, 3.63) is 40.6 Å². The van der Waals surface area contributed by atoms with Crippen molar-refractivity contribution >= 4 is 50.7 Å². The molecule has 1 nitrogen and oxygen atoms in total. The number of fused-ring (bicyclic) bond motifs is 1. The van der Waals surface area contributed by atoms with Gasteiger partial charge in [0.25, 0.3) is 0 Å². The van der Waals surface area contributed by atoms with Crippen LogP contribution in [0.1, 0.15) is 5.69 Å². The van der Waals surface area contributed by atoms with Crippen molar-refractivity contribution in [2.45, 2.75) is 5.88 Å². The summed E-state index contributed by atoms with van der Waals surface area (Å²) < 4.78 is 1.07. The molecule has 1 aromatic heterocycles. The van der Waals surface area contributed by atoms with Crippen LogP contribution in [0.25, 0.3) is 10.8 Å². The molecule has 4 heteroatoms. The Labute approximate surface area is 102 Å². The maximum atomic E-state index is 5.69. The first-order valence-electron chi connectivity index (χ1n) is 3.90. The summed E-state index contributed by atoms with van der Waals surface area (Å²) >= 11 is 9.10. The lowest BCUT2D eigenvalue weighted by Gasteiger charge is -1.99. The van der Waals surface area contributed by atoms with Crippen molar-refractivity contribution in [2.75, 3.05) is 0 Å². The number of hydrogen-bond acceptors (Lipinski definition) is 1. The number of hydrogen-bond donors (Lipinski definition) is 0. The van der Waals surface area contributed by atoms with Gasteiger partial charge in [-0.25, -0.2) is 0 Å². The molecule has 1 aromatic carbocycles. The van der Waals surface area contributed by atoms with E-state index in [4.69, 9.17) is 11.6 Å². The molecule has 0 spiro atoms. The zero-order valence-corrected chi connectivity index (χ0v) is 10.4. The highest BCUT2D eigenvalue weighted by molar-refractivity contribution is 9.10. The molecule has 0 atom stereocenters. The van der Waals surface area contributed by atoms with Gasteiger partial charge in [0.05, 0.1) is 11.6 Å². The summed E-state index contributed by atoms with van der Waals surface area (Å²) in [6, 6.07) is 8.12. The van der Waals surface area contributed by atoms with Crippen molar-refractivity contribution in [3.63, 3.8) is 0 Å². The van der Waals surface area contributed by atoms with Crippen LogP contribution >= 0.6 is 39.9 Å². The van der Waals surface area contributed by atoms with Gasteiger partial charge in [-0.1, -0.05) is 22.0 Å². The molecule has 0 saturated heterocycles. The van der Waals surface area contributed by atoms with Crippen LogP contribution in [0.2, 0.25) is 0 Å². The Kier molecular flexibility index (Phi) is 4.17. The van der Waals surface area contributed by atoms with Gasteiger partial charge in [0.15, 0.2) is 0 Å². The predicted molar refractivity (Wildman–Crippen MR) is 66.2 cm³/mol. The molecule has 0 aliphatic rings. The molecule has 1 heterocycles. The zero-order chi connectivity index (χ0) is 9.26. The molecule has 74 valence electrons. The smallest absolute Gasteiger partial charge is 0.0647 e. The van der Waals surface area contributed by atoms with Gasteiger partial charge in [-0.15, -0.1) is 24.0 Å². The first kappa shape index (κ1) is 11.8. The number of halogens is 3. The van der Waals surface area contributed by atoms with E-state index in [0.717, 1.165) is 15.6 Å². The van der Waals surface area contributed by atoms with Crippen LogP contribution < -0.4 is 0 Å². The number of benzene rings is 1. The number of pyridine rings is 1. The highest BCUT2D eigenvalue weighted by Gasteiger charge is 1.97. The van der Waals surface area contributed by atoms with E-state index in [1.54, 1.807) is 0 Å². The summed E-state index contributed by atoms with van der Waals surface area (Å²) in [5.41, 5.74) is 0.913. The fraction of sp³-hybridized carbons (Fsp3) is 0.100. The standard InChI is InChI=1S/C10H7BrClN.ClH/c11-9-2-1-7-4-10(5-12)13-6-8(7)3-9;/h1-4,6H,5H2;1H. The first-order valence-corrected chi connectivity index (χ1v) is 5.22. The van der Waals surface area contributed by atoms with Crippen LogP contribution in [-0.4, -0.2) is 4.98 Å². The molecule has 2 rings (SSSR count). The summed E-state index contributed by atoms with van der Waals surface area (Å²) in [6.45, 7) is 0. The lowest BCUT2D eigenvalue weighted by molar-refractivity contribution is 1.19. The highest BCUT2D eigenvalue weighted by atomic mass is 79.9. The molecule has 0 N–H and O–H groups in total. The van der Waals surface area contributed by atoms with E-state index in [9.17, 15) is 0 Å². The molecule has 2 aromatic rings. The lowest BCUT2D eigenvalue weighted by Crippen LogP contribution is -1.84. The molecule has 0 unspecified atom stereocenters. The molecule has 0 bridgehead atoms. The Balaban J connectivity index is 0.000000980. The van der Waals surface area contributed by atoms with Gasteiger partial charge in [-0.2, -0.15) is 0 Å². The minimum absolute atomic E-state index is 0. The zero-order valence-electron chi connectivity index (χ0n) is 7.21. The van der Waals surface area contributed by atoms with Crippen molar-refractivity contribution in [2.24, 2.45) is 0 Å². The molecule has 0 amide bonds. The largest absolute Gasteiger partial charge is 0.259 e. The Morgan fingerprint density at radius 3 is 2.71 bits per heavy atom. The average Bonchev–Trinajstić information content (AvgIpc) is 2.17. The predicted octanol–water partition coefficient (Wildman–Crippen LogP) is 4.16. The Hall–Kier alpha value is -0.310. The van der Waals surface area contributed by atoms with E-state index in [1.165, 1.54) is 5.39 Å². The van der Waals surface area contributed by atoms with Gasteiger partial charge in [-0.3, -0.25) is 4.98 Å². The number of alkyl halides is 1. The van der Waals surface area contributed by atoms with Crippen LogP contribution in [0.15, 0.2) is 34.9 Å². The number of rotatable bonds is 1. The SMILES string of the molecule is Cl.ClCc1cc2ccc(Br)cc2cn1. The maximum absolute atomic E-state index is 5.69. The van der Waals surface area contributed by atoms with Crippen molar-refractivity contribution < 1.29 is 0 Å². The van der Waals surface area contributed by atoms with Gasteiger partial charge in [0, 0.05) is 16.1 Å². The number of nitrogens with zero attached hydrogens (tertiary/aromatic N) is 1. The topological polar surface area (TPSA) is 12.9 Å². The second-order valence-electron chi connectivity index (χ2n) is 2.80. The van der Waals surface area contributed by atoms with Gasteiger partial charge in [0.2, 0.25) is 0 Å². The van der Waals surface area contributed by atoms with E-state index in [1.807, 2.05) is 24.4 Å². The van der Waals surface area contributed by atoms with Crippen LogP contribution in [-0.2, 0) is 5.88 Å². The van der Waals surface area contributed by atoms with Crippen molar-refractivity contribution in [3.8, 4) is 0 Å². The van der Waals surface area contributed by atoms with Gasteiger partial charge in [-0.05, 0) is 23.6 Å². The lowest BCUT2D eigenvalue weighted by atomic mass is 10.1. The molecule has 0 fully saturated rings. The van der Waals surface area contributed by atoms with E-state index in [-0.39, 0.29) is 12.4 Å². The second kappa shape index (κ2) is 4.96. The second-order valence-corrected chi connectivity index (χ2v) is 3.98. The van der Waals surface area contributed by atoms with Gasteiger partial charge in [0.1, 0.15) is 0 Å². The van der Waals surface area contributed by atoms with E-state index < -0.39 is 0 Å². The van der Waals surface area contributed by atoms with E-state index in [2.05, 4.69) is 27.0 Å². The van der Waals surface area contributed by atoms with Crippen LogP contribution in [0.3, 0.4) is 0 Å². The summed E-state index contributed by atoms with van der Waals surface area (Å²) in [5.74, 6) is 0.464. The summed E-state index contributed by atoms with van der Waals surface area (Å²) in [5, 5.41) is 2.30. The Morgan fingerprint density at radius 1 is 1.21 bits per heavy atom.